The molecule has 0 spiro atoms. The van der Waals surface area contributed by atoms with E-state index in [2.05, 4.69) is 0 Å². The van der Waals surface area contributed by atoms with Crippen LogP contribution in [0.15, 0.2) is 16.8 Å². The number of rotatable bonds is 0. The molecule has 3 heterocycles. The highest BCUT2D eigenvalue weighted by atomic mass is 32.2. The first kappa shape index (κ1) is 22.6. The number of hydrogen-bond donors (Lipinski definition) is 0. The van der Waals surface area contributed by atoms with Crippen LogP contribution >= 0.6 is 117 Å². The summed E-state index contributed by atoms with van der Waals surface area (Å²) in [6.07, 6.45) is 7.82. The molecule has 0 saturated carbocycles. The Morgan fingerprint density at radius 2 is 0.692 bits per heavy atom. The van der Waals surface area contributed by atoms with E-state index in [4.69, 9.17) is 24.4 Å². The van der Waals surface area contributed by atoms with E-state index in [1.165, 1.54) is 78.4 Å². The van der Waals surface area contributed by atoms with E-state index < -0.39 is 0 Å². The molecule has 10 heteroatoms. The van der Waals surface area contributed by atoms with Gasteiger partial charge in [0, 0.05) is 0 Å². The van der Waals surface area contributed by atoms with Gasteiger partial charge < -0.3 is 0 Å². The molecular weight excluding hydrogens is 513 g/mol. The lowest BCUT2D eigenvalue weighted by Gasteiger charge is -2.06. The fourth-order valence-corrected chi connectivity index (χ4v) is 14.8. The fourth-order valence-electron chi connectivity index (χ4n) is 2.29. The average Bonchev–Trinajstić information content (AvgIpc) is 3.14. The van der Waals surface area contributed by atoms with Crippen molar-refractivity contribution in [1.29, 1.82) is 0 Å². The molecule has 1 aliphatic heterocycles. The van der Waals surface area contributed by atoms with Crippen molar-refractivity contribution in [3.8, 4) is 0 Å². The topological polar surface area (TPSA) is 0 Å². The molecule has 0 unspecified atom stereocenters. The van der Waals surface area contributed by atoms with E-state index in [-0.39, 0.29) is 0 Å². The summed E-state index contributed by atoms with van der Waals surface area (Å²) in [4.78, 5) is 0. The molecule has 0 fully saturated rings. The molecule has 26 heavy (non-hydrogen) atoms. The van der Waals surface area contributed by atoms with Gasteiger partial charge in [0.2, 0.25) is 0 Å². The van der Waals surface area contributed by atoms with Gasteiger partial charge in [-0.1, -0.05) is 37.3 Å². The molecule has 0 saturated heterocycles. The standard InChI is InChI=1S/C16H20S10/c17-15-23-11-13(25-15)21-9-5-2-6-10-22-14-12(24-16(18)26-14)20-8-4-1-3-7-19-11/h1-10H2. The van der Waals surface area contributed by atoms with Gasteiger partial charge in [0.05, 0.1) is 16.8 Å². The predicted octanol–water partition coefficient (Wildman–Crippen LogP) is 9.81. The largest absolute Gasteiger partial charge is 0.145 e. The van der Waals surface area contributed by atoms with Gasteiger partial charge in [-0.3, -0.25) is 0 Å². The van der Waals surface area contributed by atoms with Crippen molar-refractivity contribution < 1.29 is 0 Å². The third-order valence-corrected chi connectivity index (χ3v) is 15.1. The quantitative estimate of drug-likeness (QED) is 0.307. The van der Waals surface area contributed by atoms with Crippen LogP contribution in [0.1, 0.15) is 38.5 Å². The van der Waals surface area contributed by atoms with Gasteiger partial charge in [-0.15, -0.1) is 92.4 Å². The highest BCUT2D eigenvalue weighted by Gasteiger charge is 2.11. The van der Waals surface area contributed by atoms with Crippen molar-refractivity contribution in [2.45, 2.75) is 55.4 Å². The molecule has 0 atom stereocenters. The molecular formula is C16H20S10. The Kier molecular flexibility index (Phi) is 11.0. The monoisotopic (exact) mass is 532 g/mol. The van der Waals surface area contributed by atoms with Crippen LogP contribution in [0.3, 0.4) is 0 Å². The van der Waals surface area contributed by atoms with E-state index in [9.17, 15) is 0 Å². The van der Waals surface area contributed by atoms with Crippen molar-refractivity contribution in [3.05, 3.63) is 6.28 Å². The Hall–Kier alpha value is 1.94. The van der Waals surface area contributed by atoms with Gasteiger partial charge in [0.1, 0.15) is 6.28 Å². The second-order valence-corrected chi connectivity index (χ2v) is 17.5. The van der Waals surface area contributed by atoms with E-state index in [0.717, 1.165) is 6.28 Å². The summed E-state index contributed by atoms with van der Waals surface area (Å²) in [5, 5.41) is 0. The van der Waals surface area contributed by atoms with Gasteiger partial charge in [-0.05, 0) is 48.7 Å². The molecule has 0 nitrogen and oxygen atoms in total. The molecule has 2 aromatic rings. The van der Waals surface area contributed by atoms with Gasteiger partial charge in [-0.25, -0.2) is 0 Å². The molecule has 144 valence electrons. The molecule has 2 aromatic heterocycles. The molecule has 0 N–H and O–H groups in total. The van der Waals surface area contributed by atoms with Crippen molar-refractivity contribution in [2.24, 2.45) is 0 Å². The van der Waals surface area contributed by atoms with Crippen LogP contribution in [0.25, 0.3) is 0 Å². The minimum Gasteiger partial charge on any atom is -0.113 e. The normalized spacial score (nSPS) is 18.5. The predicted molar refractivity (Wildman–Crippen MR) is 137 cm³/mol. The van der Waals surface area contributed by atoms with E-state index >= 15 is 0 Å². The summed E-state index contributed by atoms with van der Waals surface area (Å²) in [6, 6.07) is 0. The first-order chi connectivity index (χ1) is 12.7. The van der Waals surface area contributed by atoms with Gasteiger partial charge in [0.25, 0.3) is 0 Å². The SMILES string of the molecule is S=c1sc2c(s1)SCCCCCSc1sc(=S)sc1SCCCCCS2. The number of hydrogen-bond acceptors (Lipinski definition) is 10. The van der Waals surface area contributed by atoms with Crippen molar-refractivity contribution in [1.82, 2.24) is 0 Å². The molecule has 0 bridgehead atoms. The van der Waals surface area contributed by atoms with Crippen LogP contribution in [-0.4, -0.2) is 23.0 Å². The fraction of sp³-hybridized carbons (Fsp3) is 0.625. The maximum Gasteiger partial charge on any atom is 0.145 e. The number of thioether (sulfide) groups is 4. The minimum absolute atomic E-state index is 1.09. The summed E-state index contributed by atoms with van der Waals surface area (Å²) in [6.45, 7) is 0. The Morgan fingerprint density at radius 1 is 0.423 bits per heavy atom. The molecule has 0 amide bonds. The van der Waals surface area contributed by atoms with Crippen molar-refractivity contribution in [2.75, 3.05) is 23.0 Å². The average molecular weight is 533 g/mol. The maximum absolute atomic E-state index is 5.43. The summed E-state index contributed by atoms with van der Waals surface area (Å²) in [5.41, 5.74) is 0. The Balaban J connectivity index is 1.57. The van der Waals surface area contributed by atoms with Gasteiger partial charge in [0.15, 0.2) is 0 Å². The first-order valence-corrected chi connectivity index (χ1v) is 16.5. The summed E-state index contributed by atoms with van der Waals surface area (Å²) in [7, 11) is 0. The van der Waals surface area contributed by atoms with Crippen molar-refractivity contribution >= 4 is 117 Å². The molecule has 3 rings (SSSR count). The molecule has 0 radical (unpaired) electrons. The van der Waals surface area contributed by atoms with E-state index in [1.54, 1.807) is 0 Å². The maximum atomic E-state index is 5.43. The Bertz CT molecular complexity index is 656. The van der Waals surface area contributed by atoms with Gasteiger partial charge >= 0.3 is 0 Å². The lowest BCUT2D eigenvalue weighted by atomic mass is 10.3. The Morgan fingerprint density at radius 3 is 0.962 bits per heavy atom. The molecule has 0 aliphatic carbocycles. The third-order valence-electron chi connectivity index (χ3n) is 3.55. The van der Waals surface area contributed by atoms with Crippen LogP contribution in [0, 0.1) is 6.28 Å². The van der Waals surface area contributed by atoms with Crippen LogP contribution in [0.5, 0.6) is 0 Å². The zero-order valence-electron chi connectivity index (χ0n) is 14.2. The zero-order chi connectivity index (χ0) is 18.2. The third kappa shape index (κ3) is 7.65. The first-order valence-electron chi connectivity index (χ1n) is 8.51. The van der Waals surface area contributed by atoms with Crippen LogP contribution < -0.4 is 0 Å². The number of fused-ring (bicyclic) bond motifs is 2. The molecule has 1 aliphatic rings. The highest BCUT2D eigenvalue weighted by Crippen LogP contribution is 2.43. The summed E-state index contributed by atoms with van der Waals surface area (Å²) in [5.74, 6) is 4.88. The summed E-state index contributed by atoms with van der Waals surface area (Å²) >= 11 is 26.2. The molecule has 0 aromatic carbocycles. The highest BCUT2D eigenvalue weighted by molar-refractivity contribution is 8.05. The minimum atomic E-state index is 1.09. The van der Waals surface area contributed by atoms with Crippen LogP contribution in [0.2, 0.25) is 0 Å². The van der Waals surface area contributed by atoms with Crippen LogP contribution in [-0.2, 0) is 0 Å². The zero-order valence-corrected chi connectivity index (χ0v) is 22.3. The lowest BCUT2D eigenvalue weighted by Crippen LogP contribution is -1.86. The second-order valence-electron chi connectivity index (χ2n) is 5.57. The lowest BCUT2D eigenvalue weighted by molar-refractivity contribution is 0.784. The van der Waals surface area contributed by atoms with Crippen LogP contribution in [0.4, 0.5) is 0 Å². The van der Waals surface area contributed by atoms with Gasteiger partial charge in [-0.2, -0.15) is 0 Å². The second kappa shape index (κ2) is 12.6. The van der Waals surface area contributed by atoms with E-state index in [1.807, 2.05) is 92.4 Å². The van der Waals surface area contributed by atoms with Crippen molar-refractivity contribution in [3.63, 3.8) is 0 Å². The Labute approximate surface area is 199 Å². The van der Waals surface area contributed by atoms with E-state index in [0.29, 0.717) is 0 Å². The summed E-state index contributed by atoms with van der Waals surface area (Å²) < 4.78 is 8.05. The smallest absolute Gasteiger partial charge is 0.113 e.